The fraction of sp³-hybridized carbons (Fsp3) is 0.364. The molecule has 0 bridgehead atoms. The van der Waals surface area contributed by atoms with Crippen LogP contribution in [0.25, 0.3) is 0 Å². The van der Waals surface area contributed by atoms with Crippen LogP contribution in [-0.4, -0.2) is 52.2 Å². The summed E-state index contributed by atoms with van der Waals surface area (Å²) in [6.07, 6.45) is 6.71. The van der Waals surface area contributed by atoms with Gasteiger partial charge in [0.25, 0.3) is 0 Å². The highest BCUT2D eigenvalue weighted by molar-refractivity contribution is 6.49. The van der Waals surface area contributed by atoms with E-state index in [1.807, 2.05) is 18.2 Å². The highest BCUT2D eigenvalue weighted by Gasteiger charge is 2.31. The van der Waals surface area contributed by atoms with Crippen molar-refractivity contribution < 1.29 is 46.1 Å². The van der Waals surface area contributed by atoms with Crippen molar-refractivity contribution >= 4 is 11.6 Å². The molecule has 0 amide bonds. The van der Waals surface area contributed by atoms with Crippen LogP contribution in [0.3, 0.4) is 0 Å². The van der Waals surface area contributed by atoms with Crippen LogP contribution in [0.5, 0.6) is 11.5 Å². The van der Waals surface area contributed by atoms with Crippen LogP contribution >= 0.6 is 0 Å². The van der Waals surface area contributed by atoms with Crippen molar-refractivity contribution in [3.05, 3.63) is 130 Å². The third kappa shape index (κ3) is 11.8. The number of Topliss-reactive ketones (excluding diaryl/α,β-unsaturated/α-hetero) is 2. The summed E-state index contributed by atoms with van der Waals surface area (Å²) in [7, 11) is 3.44. The Hall–Kier alpha value is -4.98. The van der Waals surface area contributed by atoms with Crippen molar-refractivity contribution in [2.24, 2.45) is 11.8 Å². The minimum Gasteiger partial charge on any atom is -0.435 e. The first-order chi connectivity index (χ1) is 26.1. The van der Waals surface area contributed by atoms with Crippen LogP contribution < -0.4 is 9.47 Å². The maximum Gasteiger partial charge on any atom is 0.387 e. The molecule has 2 aliphatic rings. The molecular weight excluding hydrogens is 700 g/mol. The van der Waals surface area contributed by atoms with Crippen molar-refractivity contribution in [2.75, 3.05) is 27.4 Å². The van der Waals surface area contributed by atoms with E-state index in [-0.39, 0.29) is 17.1 Å². The number of ether oxygens (including phenoxy) is 4. The van der Waals surface area contributed by atoms with Gasteiger partial charge in [0.2, 0.25) is 11.6 Å². The molecule has 0 saturated heterocycles. The number of methoxy groups -OCH3 is 2. The average Bonchev–Trinajstić information content (AvgIpc) is 3.13. The van der Waals surface area contributed by atoms with Gasteiger partial charge in [0.1, 0.15) is 11.5 Å². The molecule has 2 saturated carbocycles. The van der Waals surface area contributed by atoms with E-state index in [0.717, 1.165) is 61.5 Å². The summed E-state index contributed by atoms with van der Waals surface area (Å²) < 4.78 is 67.6. The number of hydrogen-bond acceptors (Lipinski definition) is 6. The molecule has 2 aliphatic carbocycles. The average molecular weight is 745 g/mol. The molecule has 54 heavy (non-hydrogen) atoms. The molecule has 10 heteroatoms. The second-order valence-corrected chi connectivity index (χ2v) is 13.6. The molecule has 2 fully saturated rings. The molecule has 4 aromatic carbocycles. The second kappa shape index (κ2) is 19.9. The van der Waals surface area contributed by atoms with Crippen molar-refractivity contribution in [3.8, 4) is 23.3 Å². The third-order valence-corrected chi connectivity index (χ3v) is 9.89. The first-order valence-corrected chi connectivity index (χ1v) is 18.0. The van der Waals surface area contributed by atoms with Gasteiger partial charge in [0, 0.05) is 49.7 Å². The van der Waals surface area contributed by atoms with Crippen LogP contribution in [0.1, 0.15) is 93.3 Å². The van der Waals surface area contributed by atoms with Crippen LogP contribution in [0.4, 0.5) is 17.6 Å². The lowest BCUT2D eigenvalue weighted by Crippen LogP contribution is -2.23. The number of carbonyl (C=O) groups is 2. The van der Waals surface area contributed by atoms with Crippen molar-refractivity contribution in [3.63, 3.8) is 0 Å². The molecule has 4 aromatic rings. The van der Waals surface area contributed by atoms with Gasteiger partial charge in [-0.2, -0.15) is 17.6 Å². The van der Waals surface area contributed by atoms with Gasteiger partial charge < -0.3 is 18.9 Å². The number of halogens is 4. The standard InChI is InChI=1S/C22H22F2O4.C22H22F2O2/c1-27-10-9-14-11-18(12-14)16-3-2-4-17(13-16)21(26)20(25)15-5-7-19(8-6-15)28-22(23)24;1-25-12-11-18-14-20(15-18)19-4-2-3-17(13-19)6-5-16-7-9-21(10-8-16)26-22(23)24/h2-8,13-14,18,22H,9-12H2,1H3;2-4,7-10,13,18,20,22H,11-12,14-15H2,1H3. The van der Waals surface area contributed by atoms with E-state index >= 15 is 0 Å². The molecule has 0 heterocycles. The van der Waals surface area contributed by atoms with Crippen LogP contribution in [0.2, 0.25) is 0 Å². The number of rotatable bonds is 15. The first kappa shape index (κ1) is 40.2. The molecular formula is C44H44F4O6. The van der Waals surface area contributed by atoms with Crippen molar-refractivity contribution in [1.29, 1.82) is 0 Å². The molecule has 0 aliphatic heterocycles. The number of hydrogen-bond donors (Lipinski definition) is 0. The Bertz CT molecular complexity index is 1870. The monoisotopic (exact) mass is 744 g/mol. The van der Waals surface area contributed by atoms with E-state index in [0.29, 0.717) is 23.3 Å². The highest BCUT2D eigenvalue weighted by Crippen LogP contribution is 2.44. The Morgan fingerprint density at radius 1 is 0.593 bits per heavy atom. The Morgan fingerprint density at radius 3 is 1.57 bits per heavy atom. The maximum atomic E-state index is 12.6. The van der Waals surface area contributed by atoms with Gasteiger partial charge in [-0.05, 0) is 140 Å². The largest absolute Gasteiger partial charge is 0.435 e. The predicted molar refractivity (Wildman–Crippen MR) is 198 cm³/mol. The third-order valence-electron chi connectivity index (χ3n) is 9.89. The van der Waals surface area contributed by atoms with E-state index in [9.17, 15) is 27.2 Å². The van der Waals surface area contributed by atoms with Crippen LogP contribution in [0.15, 0.2) is 97.1 Å². The van der Waals surface area contributed by atoms with E-state index < -0.39 is 24.8 Å². The summed E-state index contributed by atoms with van der Waals surface area (Å²) in [5.74, 6) is 7.43. The molecule has 6 nitrogen and oxygen atoms in total. The summed E-state index contributed by atoms with van der Waals surface area (Å²) in [6, 6.07) is 27.0. The molecule has 0 spiro atoms. The lowest BCUT2D eigenvalue weighted by atomic mass is 9.70. The Morgan fingerprint density at radius 2 is 1.06 bits per heavy atom. The van der Waals surface area contributed by atoms with Gasteiger partial charge in [-0.25, -0.2) is 0 Å². The predicted octanol–water partition coefficient (Wildman–Crippen LogP) is 10.1. The highest BCUT2D eigenvalue weighted by atomic mass is 19.3. The lowest BCUT2D eigenvalue weighted by Gasteiger charge is -2.35. The molecule has 284 valence electrons. The summed E-state index contributed by atoms with van der Waals surface area (Å²) in [6.45, 7) is -4.16. The zero-order valence-electron chi connectivity index (χ0n) is 30.3. The minimum absolute atomic E-state index is 0.0611. The van der Waals surface area contributed by atoms with E-state index in [2.05, 4.69) is 33.4 Å². The topological polar surface area (TPSA) is 71.1 Å². The van der Waals surface area contributed by atoms with Crippen molar-refractivity contribution in [1.82, 2.24) is 0 Å². The number of ketones is 2. The van der Waals surface area contributed by atoms with Gasteiger partial charge in [-0.3, -0.25) is 9.59 Å². The summed E-state index contributed by atoms with van der Waals surface area (Å²) >= 11 is 0. The molecule has 0 unspecified atom stereocenters. The Kier molecular flexibility index (Phi) is 14.8. The fourth-order valence-electron chi connectivity index (χ4n) is 6.77. The first-order valence-electron chi connectivity index (χ1n) is 18.0. The molecule has 0 aromatic heterocycles. The Labute approximate surface area is 313 Å². The summed E-state index contributed by atoms with van der Waals surface area (Å²) in [5.41, 5.74) is 4.62. The van der Waals surface area contributed by atoms with Crippen LogP contribution in [0, 0.1) is 23.7 Å². The van der Waals surface area contributed by atoms with Gasteiger partial charge >= 0.3 is 13.2 Å². The lowest BCUT2D eigenvalue weighted by molar-refractivity contribution is -0.0505. The van der Waals surface area contributed by atoms with Gasteiger partial charge in [-0.15, -0.1) is 0 Å². The second-order valence-electron chi connectivity index (χ2n) is 13.6. The molecule has 0 N–H and O–H groups in total. The number of alkyl halides is 4. The van der Waals surface area contributed by atoms with Gasteiger partial charge in [0.15, 0.2) is 0 Å². The van der Waals surface area contributed by atoms with E-state index in [1.54, 1.807) is 44.6 Å². The molecule has 0 atom stereocenters. The Balaban J connectivity index is 0.000000208. The van der Waals surface area contributed by atoms with Gasteiger partial charge in [0.05, 0.1) is 0 Å². The number of benzene rings is 4. The molecule has 6 rings (SSSR count). The maximum absolute atomic E-state index is 12.6. The number of carbonyl (C=O) groups excluding carboxylic acids is 2. The zero-order chi connectivity index (χ0) is 38.5. The normalized spacial score (nSPS) is 18.7. The molecule has 0 radical (unpaired) electrons. The quantitative estimate of drug-likeness (QED) is 0.0523. The van der Waals surface area contributed by atoms with Crippen LogP contribution in [-0.2, 0) is 9.47 Å². The van der Waals surface area contributed by atoms with Gasteiger partial charge in [-0.1, -0.05) is 42.2 Å². The zero-order valence-corrected chi connectivity index (χ0v) is 30.3. The van der Waals surface area contributed by atoms with E-state index in [1.165, 1.54) is 54.8 Å². The summed E-state index contributed by atoms with van der Waals surface area (Å²) in [4.78, 5) is 25.0. The summed E-state index contributed by atoms with van der Waals surface area (Å²) in [5, 5.41) is 0. The minimum atomic E-state index is -2.94. The van der Waals surface area contributed by atoms with Crippen molar-refractivity contribution in [2.45, 2.75) is 63.6 Å². The smallest absolute Gasteiger partial charge is 0.387 e. The fourth-order valence-corrected chi connectivity index (χ4v) is 6.77. The van der Waals surface area contributed by atoms with E-state index in [4.69, 9.17) is 9.47 Å². The SMILES string of the molecule is COCCC1CC(c2cccc(C#Cc3ccc(OC(F)F)cc3)c2)C1.COCCC1CC(c2cccc(C(=O)C(=O)c3ccc(OC(F)F)cc3)c2)C1.